The Kier molecular flexibility index (Phi) is 3.91. The maximum absolute atomic E-state index is 4.43. The average Bonchev–Trinajstić information content (AvgIpc) is 2.39. The molecule has 0 saturated carbocycles. The quantitative estimate of drug-likeness (QED) is 0.840. The van der Waals surface area contributed by atoms with Crippen molar-refractivity contribution in [1.82, 2.24) is 15.2 Å². The fourth-order valence-corrected chi connectivity index (χ4v) is 2.33. The molecule has 0 amide bonds. The van der Waals surface area contributed by atoms with Gasteiger partial charge in [-0.2, -0.15) is 0 Å². The predicted octanol–water partition coefficient (Wildman–Crippen LogP) is 1.83. The Labute approximate surface area is 97.9 Å². The van der Waals surface area contributed by atoms with Crippen LogP contribution in [0.5, 0.6) is 0 Å². The third-order valence-corrected chi connectivity index (χ3v) is 3.57. The second-order valence-corrected chi connectivity index (χ2v) is 4.60. The Bertz CT molecular complexity index is 306. The van der Waals surface area contributed by atoms with Gasteiger partial charge in [-0.1, -0.05) is 6.07 Å². The molecular formula is C13H21N3. The Morgan fingerprint density at radius 3 is 3.00 bits per heavy atom. The van der Waals surface area contributed by atoms with E-state index in [1.807, 2.05) is 12.3 Å². The molecule has 1 aromatic rings. The molecule has 0 aromatic carbocycles. The van der Waals surface area contributed by atoms with Crippen molar-refractivity contribution >= 4 is 0 Å². The second kappa shape index (κ2) is 5.41. The SMILES string of the molecule is C[C@@H](c1ccccn1)N(C)[C@H]1CCCNC1. The first-order valence-electron chi connectivity index (χ1n) is 6.12. The molecule has 0 spiro atoms. The minimum Gasteiger partial charge on any atom is -0.315 e. The maximum Gasteiger partial charge on any atom is 0.0572 e. The van der Waals surface area contributed by atoms with Gasteiger partial charge in [-0.25, -0.2) is 0 Å². The lowest BCUT2D eigenvalue weighted by atomic mass is 10.0. The smallest absolute Gasteiger partial charge is 0.0572 e. The molecule has 2 atom stereocenters. The van der Waals surface area contributed by atoms with Crippen LogP contribution in [-0.4, -0.2) is 36.1 Å². The topological polar surface area (TPSA) is 28.2 Å². The van der Waals surface area contributed by atoms with Crippen LogP contribution in [0.1, 0.15) is 31.5 Å². The fraction of sp³-hybridized carbons (Fsp3) is 0.615. The van der Waals surface area contributed by atoms with Crippen LogP contribution in [0.3, 0.4) is 0 Å². The van der Waals surface area contributed by atoms with Crippen LogP contribution in [0.2, 0.25) is 0 Å². The highest BCUT2D eigenvalue weighted by atomic mass is 15.2. The molecular weight excluding hydrogens is 198 g/mol. The molecule has 1 aromatic heterocycles. The van der Waals surface area contributed by atoms with Crippen molar-refractivity contribution in [2.24, 2.45) is 0 Å². The van der Waals surface area contributed by atoms with Gasteiger partial charge < -0.3 is 5.32 Å². The molecule has 1 aliphatic rings. The Morgan fingerprint density at radius 1 is 1.50 bits per heavy atom. The summed E-state index contributed by atoms with van der Waals surface area (Å²) in [4.78, 5) is 6.87. The highest BCUT2D eigenvalue weighted by Gasteiger charge is 2.22. The summed E-state index contributed by atoms with van der Waals surface area (Å²) in [6.45, 7) is 4.51. The monoisotopic (exact) mass is 219 g/mol. The number of rotatable bonds is 3. The van der Waals surface area contributed by atoms with E-state index >= 15 is 0 Å². The van der Waals surface area contributed by atoms with E-state index in [1.165, 1.54) is 19.4 Å². The molecule has 88 valence electrons. The van der Waals surface area contributed by atoms with Gasteiger partial charge >= 0.3 is 0 Å². The largest absolute Gasteiger partial charge is 0.315 e. The number of nitrogens with zero attached hydrogens (tertiary/aromatic N) is 2. The summed E-state index contributed by atoms with van der Waals surface area (Å²) in [7, 11) is 2.21. The average molecular weight is 219 g/mol. The summed E-state index contributed by atoms with van der Waals surface area (Å²) in [6.07, 6.45) is 4.45. The van der Waals surface area contributed by atoms with Crippen molar-refractivity contribution in [2.75, 3.05) is 20.1 Å². The molecule has 2 heterocycles. The molecule has 2 rings (SSSR count). The minimum absolute atomic E-state index is 0.395. The van der Waals surface area contributed by atoms with Gasteiger partial charge in [0.2, 0.25) is 0 Å². The van der Waals surface area contributed by atoms with Gasteiger partial charge in [-0.05, 0) is 45.5 Å². The second-order valence-electron chi connectivity index (χ2n) is 4.60. The van der Waals surface area contributed by atoms with Gasteiger partial charge in [0.1, 0.15) is 0 Å². The molecule has 3 nitrogen and oxygen atoms in total. The van der Waals surface area contributed by atoms with E-state index in [0.29, 0.717) is 12.1 Å². The van der Waals surface area contributed by atoms with Gasteiger partial charge in [0.15, 0.2) is 0 Å². The van der Waals surface area contributed by atoms with Crippen molar-refractivity contribution in [1.29, 1.82) is 0 Å². The maximum atomic E-state index is 4.43. The van der Waals surface area contributed by atoms with Crippen molar-refractivity contribution in [2.45, 2.75) is 31.8 Å². The predicted molar refractivity (Wildman–Crippen MR) is 66.3 cm³/mol. The molecule has 16 heavy (non-hydrogen) atoms. The number of piperidine rings is 1. The molecule has 1 aliphatic heterocycles. The zero-order valence-electron chi connectivity index (χ0n) is 10.2. The van der Waals surface area contributed by atoms with Crippen LogP contribution in [0, 0.1) is 0 Å². The van der Waals surface area contributed by atoms with Gasteiger partial charge in [0.05, 0.1) is 5.69 Å². The highest BCUT2D eigenvalue weighted by molar-refractivity contribution is 5.08. The van der Waals surface area contributed by atoms with Crippen LogP contribution in [0.15, 0.2) is 24.4 Å². The van der Waals surface area contributed by atoms with Gasteiger partial charge in [-0.15, -0.1) is 0 Å². The third kappa shape index (κ3) is 2.60. The van der Waals surface area contributed by atoms with Crippen molar-refractivity contribution in [3.8, 4) is 0 Å². The van der Waals surface area contributed by atoms with E-state index in [1.54, 1.807) is 0 Å². The van der Waals surface area contributed by atoms with Crippen LogP contribution in [-0.2, 0) is 0 Å². The molecule has 0 aliphatic carbocycles. The summed E-state index contributed by atoms with van der Waals surface area (Å²) < 4.78 is 0. The Balaban J connectivity index is 2.00. The van der Waals surface area contributed by atoms with Gasteiger partial charge in [0, 0.05) is 24.8 Å². The molecule has 0 unspecified atom stereocenters. The summed E-state index contributed by atoms with van der Waals surface area (Å²) in [5, 5.41) is 3.46. The lowest BCUT2D eigenvalue weighted by Gasteiger charge is -2.35. The summed E-state index contributed by atoms with van der Waals surface area (Å²) in [6, 6.07) is 7.18. The molecule has 0 radical (unpaired) electrons. The summed E-state index contributed by atoms with van der Waals surface area (Å²) in [5.74, 6) is 0. The van der Waals surface area contributed by atoms with Crippen LogP contribution in [0.25, 0.3) is 0 Å². The minimum atomic E-state index is 0.395. The zero-order valence-corrected chi connectivity index (χ0v) is 10.2. The molecule has 1 fully saturated rings. The van der Waals surface area contributed by atoms with Crippen molar-refractivity contribution in [3.05, 3.63) is 30.1 Å². The molecule has 0 bridgehead atoms. The zero-order chi connectivity index (χ0) is 11.4. The summed E-state index contributed by atoms with van der Waals surface area (Å²) in [5.41, 5.74) is 1.16. The number of hydrogen-bond donors (Lipinski definition) is 1. The van der Waals surface area contributed by atoms with E-state index < -0.39 is 0 Å². The van der Waals surface area contributed by atoms with Crippen LogP contribution < -0.4 is 5.32 Å². The van der Waals surface area contributed by atoms with Crippen molar-refractivity contribution in [3.63, 3.8) is 0 Å². The first kappa shape index (κ1) is 11.6. The van der Waals surface area contributed by atoms with E-state index in [-0.39, 0.29) is 0 Å². The number of pyridine rings is 1. The highest BCUT2D eigenvalue weighted by Crippen LogP contribution is 2.21. The molecule has 1 N–H and O–H groups in total. The molecule has 1 saturated heterocycles. The van der Waals surface area contributed by atoms with E-state index in [4.69, 9.17) is 0 Å². The Morgan fingerprint density at radius 2 is 2.38 bits per heavy atom. The van der Waals surface area contributed by atoms with Crippen LogP contribution in [0.4, 0.5) is 0 Å². The number of likely N-dealkylation sites (N-methyl/N-ethyl adjacent to an activating group) is 1. The fourth-order valence-electron chi connectivity index (χ4n) is 2.33. The third-order valence-electron chi connectivity index (χ3n) is 3.57. The lowest BCUT2D eigenvalue weighted by Crippen LogP contribution is -2.45. The number of hydrogen-bond acceptors (Lipinski definition) is 3. The first-order chi connectivity index (χ1) is 7.79. The first-order valence-corrected chi connectivity index (χ1v) is 6.12. The molecule has 3 heteroatoms. The Hall–Kier alpha value is -0.930. The number of aromatic nitrogens is 1. The summed E-state index contributed by atoms with van der Waals surface area (Å²) >= 11 is 0. The van der Waals surface area contributed by atoms with E-state index in [2.05, 4.69) is 41.3 Å². The lowest BCUT2D eigenvalue weighted by molar-refractivity contribution is 0.154. The standard InChI is InChI=1S/C13H21N3/c1-11(13-7-3-4-9-15-13)16(2)12-6-5-8-14-10-12/h3-4,7,9,11-12,14H,5-6,8,10H2,1-2H3/t11-,12-/m0/s1. The number of nitrogens with one attached hydrogen (secondary N) is 1. The van der Waals surface area contributed by atoms with E-state index in [0.717, 1.165) is 12.2 Å². The van der Waals surface area contributed by atoms with E-state index in [9.17, 15) is 0 Å². The van der Waals surface area contributed by atoms with Gasteiger partial charge in [0.25, 0.3) is 0 Å². The van der Waals surface area contributed by atoms with Gasteiger partial charge in [-0.3, -0.25) is 9.88 Å². The van der Waals surface area contributed by atoms with Crippen molar-refractivity contribution < 1.29 is 0 Å². The normalized spacial score (nSPS) is 23.3. The van der Waals surface area contributed by atoms with Crippen LogP contribution >= 0.6 is 0 Å².